The zero-order valence-electron chi connectivity index (χ0n) is 25.3. The summed E-state index contributed by atoms with van der Waals surface area (Å²) in [6.07, 6.45) is -0.730. The topological polar surface area (TPSA) is 114 Å². The van der Waals surface area contributed by atoms with Crippen LogP contribution in [0.5, 0.6) is 0 Å². The molecule has 1 aliphatic carbocycles. The third-order valence-electron chi connectivity index (χ3n) is 7.26. The number of rotatable bonds is 8. The second-order valence-corrected chi connectivity index (χ2v) is 11.6. The average molecular weight is 603 g/mol. The number of ether oxygens (including phenoxy) is 2. The Morgan fingerprint density at radius 2 is 1.49 bits per heavy atom. The van der Waals surface area contributed by atoms with Crippen LogP contribution in [0.15, 0.2) is 97.1 Å². The van der Waals surface area contributed by atoms with E-state index in [1.807, 2.05) is 57.2 Å². The van der Waals surface area contributed by atoms with Gasteiger partial charge in [-0.15, -0.1) is 0 Å². The minimum Gasteiger partial charge on any atom is -0.478 e. The van der Waals surface area contributed by atoms with E-state index in [4.69, 9.17) is 9.47 Å². The van der Waals surface area contributed by atoms with Crippen molar-refractivity contribution in [3.05, 3.63) is 125 Å². The fourth-order valence-corrected chi connectivity index (χ4v) is 5.12. The maximum Gasteiger partial charge on any atom is 0.407 e. The van der Waals surface area contributed by atoms with E-state index >= 15 is 0 Å². The summed E-state index contributed by atoms with van der Waals surface area (Å²) in [7, 11) is 0. The second-order valence-electron chi connectivity index (χ2n) is 11.6. The average Bonchev–Trinajstić information content (AvgIpc) is 3.34. The molecule has 8 nitrogen and oxygen atoms in total. The van der Waals surface area contributed by atoms with Gasteiger partial charge in [-0.1, -0.05) is 78.6 Å². The minimum atomic E-state index is -1.06. The number of carbonyl (C=O) groups is 3. The summed E-state index contributed by atoms with van der Waals surface area (Å²) in [6.45, 7) is 5.62. The van der Waals surface area contributed by atoms with Crippen LogP contribution in [0.1, 0.15) is 59.3 Å². The molecule has 0 spiro atoms. The van der Waals surface area contributed by atoms with Crippen LogP contribution in [0.4, 0.5) is 10.5 Å². The van der Waals surface area contributed by atoms with E-state index in [1.54, 1.807) is 42.5 Å². The standard InChI is InChI=1S/C37H34N2O6/c1-37(2,3)45-23-33(39-36(43)44-22-32-30-17-8-6-15-28(30)29-16-7-9-18-31(29)32)34(40)38-26-13-10-11-24(21-26)19-20-25-12-4-5-14-27(25)35(41)42/h4-18,21,32-33H,22-23H2,1-3H3,(H,38,40)(H,39,43)(H,41,42)/t33-/m0/s1. The maximum absolute atomic E-state index is 13.4. The van der Waals surface area contributed by atoms with Crippen LogP contribution in [0.25, 0.3) is 11.1 Å². The molecular weight excluding hydrogens is 568 g/mol. The Balaban J connectivity index is 1.27. The van der Waals surface area contributed by atoms with E-state index in [9.17, 15) is 19.5 Å². The van der Waals surface area contributed by atoms with Crippen molar-refractivity contribution in [1.29, 1.82) is 0 Å². The normalized spacial score (nSPS) is 12.6. The molecular formula is C37H34N2O6. The van der Waals surface area contributed by atoms with Gasteiger partial charge in [-0.05, 0) is 73.4 Å². The number of carboxylic acid groups (broad SMARTS) is 1. The molecule has 5 rings (SSSR count). The molecule has 0 aliphatic heterocycles. The first kappa shape index (κ1) is 31.0. The summed E-state index contributed by atoms with van der Waals surface area (Å²) in [5.74, 6) is 4.17. The molecule has 45 heavy (non-hydrogen) atoms. The van der Waals surface area contributed by atoms with Crippen molar-refractivity contribution in [2.75, 3.05) is 18.5 Å². The summed E-state index contributed by atoms with van der Waals surface area (Å²) in [6, 6.07) is 28.4. The molecule has 0 bridgehead atoms. The fourth-order valence-electron chi connectivity index (χ4n) is 5.12. The number of nitrogens with one attached hydrogen (secondary N) is 2. The summed E-state index contributed by atoms with van der Waals surface area (Å²) in [4.78, 5) is 37.9. The first-order valence-electron chi connectivity index (χ1n) is 14.6. The molecule has 0 aromatic heterocycles. The largest absolute Gasteiger partial charge is 0.478 e. The lowest BCUT2D eigenvalue weighted by Crippen LogP contribution is -2.48. The predicted octanol–water partition coefficient (Wildman–Crippen LogP) is 6.45. The van der Waals surface area contributed by atoms with Crippen molar-refractivity contribution in [1.82, 2.24) is 5.32 Å². The number of hydrogen-bond acceptors (Lipinski definition) is 5. The van der Waals surface area contributed by atoms with Gasteiger partial charge >= 0.3 is 12.1 Å². The number of alkyl carbamates (subject to hydrolysis) is 1. The van der Waals surface area contributed by atoms with Gasteiger partial charge in [-0.25, -0.2) is 9.59 Å². The Labute approximate surface area is 262 Å². The molecule has 1 aliphatic rings. The molecule has 1 atom stereocenters. The van der Waals surface area contributed by atoms with Crippen molar-refractivity contribution in [3.63, 3.8) is 0 Å². The summed E-state index contributed by atoms with van der Waals surface area (Å²) in [5, 5.41) is 14.9. The number of hydrogen-bond donors (Lipinski definition) is 3. The summed E-state index contributed by atoms with van der Waals surface area (Å²) < 4.78 is 11.5. The Morgan fingerprint density at radius 1 is 0.844 bits per heavy atom. The SMILES string of the molecule is CC(C)(C)OC[C@H](NC(=O)OCC1c2ccccc2-c2ccccc21)C(=O)Nc1cccc(C#Cc2ccccc2C(=O)O)c1. The lowest BCUT2D eigenvalue weighted by molar-refractivity contribution is -0.121. The van der Waals surface area contributed by atoms with Crippen LogP contribution >= 0.6 is 0 Å². The monoisotopic (exact) mass is 602 g/mol. The number of fused-ring (bicyclic) bond motifs is 3. The van der Waals surface area contributed by atoms with Crippen molar-refractivity contribution < 1.29 is 29.0 Å². The van der Waals surface area contributed by atoms with Gasteiger partial charge in [-0.3, -0.25) is 4.79 Å². The molecule has 228 valence electrons. The molecule has 0 saturated carbocycles. The van der Waals surface area contributed by atoms with Gasteiger partial charge in [0.2, 0.25) is 5.91 Å². The van der Waals surface area contributed by atoms with E-state index in [-0.39, 0.29) is 24.7 Å². The maximum atomic E-state index is 13.4. The Kier molecular flexibility index (Phi) is 9.31. The summed E-state index contributed by atoms with van der Waals surface area (Å²) in [5.41, 5.74) is 5.38. The van der Waals surface area contributed by atoms with E-state index in [0.29, 0.717) is 16.8 Å². The van der Waals surface area contributed by atoms with E-state index < -0.39 is 29.6 Å². The zero-order valence-corrected chi connectivity index (χ0v) is 25.3. The second kappa shape index (κ2) is 13.5. The quantitative estimate of drug-likeness (QED) is 0.200. The molecule has 0 saturated heterocycles. The van der Waals surface area contributed by atoms with Crippen molar-refractivity contribution >= 4 is 23.7 Å². The van der Waals surface area contributed by atoms with Gasteiger partial charge in [0.15, 0.2) is 0 Å². The van der Waals surface area contributed by atoms with Gasteiger partial charge in [0.05, 0.1) is 17.8 Å². The third-order valence-corrected chi connectivity index (χ3v) is 7.26. The number of carbonyl (C=O) groups excluding carboxylic acids is 2. The molecule has 4 aromatic carbocycles. The van der Waals surface area contributed by atoms with Crippen molar-refractivity contribution in [2.24, 2.45) is 0 Å². The first-order chi connectivity index (χ1) is 21.6. The first-order valence-corrected chi connectivity index (χ1v) is 14.6. The van der Waals surface area contributed by atoms with Crippen LogP contribution in [0, 0.1) is 11.8 Å². The van der Waals surface area contributed by atoms with Crippen LogP contribution in [0.2, 0.25) is 0 Å². The highest BCUT2D eigenvalue weighted by Crippen LogP contribution is 2.44. The van der Waals surface area contributed by atoms with Crippen LogP contribution in [-0.2, 0) is 14.3 Å². The number of anilines is 1. The molecule has 3 N–H and O–H groups in total. The van der Waals surface area contributed by atoms with Crippen LogP contribution < -0.4 is 10.6 Å². The Hall–Kier alpha value is -5.39. The number of carboxylic acids is 1. The molecule has 2 amide bonds. The Bertz CT molecular complexity index is 1750. The smallest absolute Gasteiger partial charge is 0.407 e. The lowest BCUT2D eigenvalue weighted by Gasteiger charge is -2.25. The van der Waals surface area contributed by atoms with Gasteiger partial charge in [0.25, 0.3) is 0 Å². The van der Waals surface area contributed by atoms with Crippen LogP contribution in [-0.4, -0.2) is 47.9 Å². The minimum absolute atomic E-state index is 0.0784. The zero-order chi connectivity index (χ0) is 32.0. The van der Waals surface area contributed by atoms with Crippen molar-refractivity contribution in [2.45, 2.75) is 38.3 Å². The highest BCUT2D eigenvalue weighted by atomic mass is 16.5. The van der Waals surface area contributed by atoms with Gasteiger partial charge in [0.1, 0.15) is 12.6 Å². The number of amides is 2. The van der Waals surface area contributed by atoms with E-state index in [1.165, 1.54) is 6.07 Å². The van der Waals surface area contributed by atoms with Gasteiger partial charge in [-0.2, -0.15) is 0 Å². The molecule has 0 radical (unpaired) electrons. The molecule has 8 heteroatoms. The lowest BCUT2D eigenvalue weighted by atomic mass is 9.98. The molecule has 4 aromatic rings. The Morgan fingerprint density at radius 3 is 2.16 bits per heavy atom. The van der Waals surface area contributed by atoms with E-state index in [2.05, 4.69) is 34.6 Å². The highest BCUT2D eigenvalue weighted by molar-refractivity contribution is 5.97. The number of benzene rings is 4. The summed E-state index contributed by atoms with van der Waals surface area (Å²) >= 11 is 0. The molecule has 0 fully saturated rings. The molecule has 0 heterocycles. The van der Waals surface area contributed by atoms with Crippen LogP contribution in [0.3, 0.4) is 0 Å². The predicted molar refractivity (Wildman–Crippen MR) is 172 cm³/mol. The molecule has 0 unspecified atom stereocenters. The van der Waals surface area contributed by atoms with E-state index in [0.717, 1.165) is 22.3 Å². The van der Waals surface area contributed by atoms with Gasteiger partial charge in [0, 0.05) is 22.7 Å². The number of aromatic carboxylic acids is 1. The highest BCUT2D eigenvalue weighted by Gasteiger charge is 2.30. The fraction of sp³-hybridized carbons (Fsp3) is 0.216. The van der Waals surface area contributed by atoms with Crippen molar-refractivity contribution in [3.8, 4) is 23.0 Å². The third kappa shape index (κ3) is 7.77. The van der Waals surface area contributed by atoms with Gasteiger partial charge < -0.3 is 25.2 Å².